The summed E-state index contributed by atoms with van der Waals surface area (Å²) in [5.74, 6) is 0.120. The van der Waals surface area contributed by atoms with Crippen molar-refractivity contribution in [1.82, 2.24) is 5.32 Å². The predicted molar refractivity (Wildman–Crippen MR) is 67.7 cm³/mol. The highest BCUT2D eigenvalue weighted by Crippen LogP contribution is 2.05. The van der Waals surface area contributed by atoms with Crippen molar-refractivity contribution in [2.75, 3.05) is 5.88 Å². The minimum absolute atomic E-state index is 0.0902. The SMILES string of the molecule is CCC(CCCl)NC(=O)Cc1cccc(F)c1. The maximum atomic E-state index is 12.9. The highest BCUT2D eigenvalue weighted by atomic mass is 35.5. The first-order valence-corrected chi connectivity index (χ1v) is 6.29. The summed E-state index contributed by atoms with van der Waals surface area (Å²) in [5, 5.41) is 2.89. The minimum Gasteiger partial charge on any atom is -0.353 e. The van der Waals surface area contributed by atoms with Gasteiger partial charge in [0, 0.05) is 11.9 Å². The number of carbonyl (C=O) groups is 1. The van der Waals surface area contributed by atoms with Gasteiger partial charge < -0.3 is 5.32 Å². The van der Waals surface area contributed by atoms with Crippen LogP contribution in [0.1, 0.15) is 25.3 Å². The van der Waals surface area contributed by atoms with Crippen LogP contribution in [0.4, 0.5) is 4.39 Å². The maximum absolute atomic E-state index is 12.9. The van der Waals surface area contributed by atoms with E-state index in [0.29, 0.717) is 11.4 Å². The second-order valence-corrected chi connectivity index (χ2v) is 4.34. The van der Waals surface area contributed by atoms with E-state index < -0.39 is 0 Å². The molecule has 0 fully saturated rings. The Bertz CT molecular complexity index is 370. The van der Waals surface area contributed by atoms with Gasteiger partial charge in [-0.25, -0.2) is 4.39 Å². The number of alkyl halides is 1. The third kappa shape index (κ3) is 5.18. The van der Waals surface area contributed by atoms with Crippen LogP contribution >= 0.6 is 11.6 Å². The largest absolute Gasteiger partial charge is 0.353 e. The number of nitrogens with one attached hydrogen (secondary N) is 1. The Morgan fingerprint density at radius 2 is 2.29 bits per heavy atom. The van der Waals surface area contributed by atoms with E-state index in [-0.39, 0.29) is 24.2 Å². The van der Waals surface area contributed by atoms with E-state index in [1.54, 1.807) is 12.1 Å². The van der Waals surface area contributed by atoms with Crippen LogP contribution in [-0.4, -0.2) is 17.8 Å². The van der Waals surface area contributed by atoms with Crippen LogP contribution in [0.5, 0.6) is 0 Å². The maximum Gasteiger partial charge on any atom is 0.224 e. The molecule has 0 spiro atoms. The summed E-state index contributed by atoms with van der Waals surface area (Å²) < 4.78 is 12.9. The summed E-state index contributed by atoms with van der Waals surface area (Å²) in [5.41, 5.74) is 0.684. The summed E-state index contributed by atoms with van der Waals surface area (Å²) in [7, 11) is 0. The molecule has 0 aromatic heterocycles. The van der Waals surface area contributed by atoms with Crippen LogP contribution in [-0.2, 0) is 11.2 Å². The van der Waals surface area contributed by atoms with Gasteiger partial charge in [0.2, 0.25) is 5.91 Å². The Morgan fingerprint density at radius 1 is 1.53 bits per heavy atom. The summed E-state index contributed by atoms with van der Waals surface area (Å²) in [6.45, 7) is 2.00. The van der Waals surface area contributed by atoms with E-state index >= 15 is 0 Å². The molecular formula is C13H17ClFNO. The number of amides is 1. The molecule has 0 radical (unpaired) electrons. The Labute approximate surface area is 106 Å². The van der Waals surface area contributed by atoms with E-state index in [2.05, 4.69) is 5.32 Å². The van der Waals surface area contributed by atoms with Gasteiger partial charge in [0.1, 0.15) is 5.82 Å². The normalized spacial score (nSPS) is 12.2. The van der Waals surface area contributed by atoms with Crippen molar-refractivity contribution < 1.29 is 9.18 Å². The van der Waals surface area contributed by atoms with E-state index in [9.17, 15) is 9.18 Å². The van der Waals surface area contributed by atoms with Gasteiger partial charge >= 0.3 is 0 Å². The molecule has 0 aliphatic heterocycles. The minimum atomic E-state index is -0.317. The lowest BCUT2D eigenvalue weighted by Gasteiger charge is -2.15. The third-order valence-electron chi connectivity index (χ3n) is 2.57. The fourth-order valence-corrected chi connectivity index (χ4v) is 1.88. The number of hydrogen-bond acceptors (Lipinski definition) is 1. The lowest BCUT2D eigenvalue weighted by molar-refractivity contribution is -0.121. The van der Waals surface area contributed by atoms with Gasteiger partial charge in [0.05, 0.1) is 6.42 Å². The summed E-state index contributed by atoms with van der Waals surface area (Å²) >= 11 is 5.64. The molecule has 17 heavy (non-hydrogen) atoms. The molecule has 0 aliphatic carbocycles. The zero-order valence-electron chi connectivity index (χ0n) is 9.88. The molecule has 1 N–H and O–H groups in total. The van der Waals surface area contributed by atoms with Crippen molar-refractivity contribution in [3.63, 3.8) is 0 Å². The van der Waals surface area contributed by atoms with Gasteiger partial charge in [0.25, 0.3) is 0 Å². The van der Waals surface area contributed by atoms with Crippen molar-refractivity contribution in [3.05, 3.63) is 35.6 Å². The van der Waals surface area contributed by atoms with Gasteiger partial charge in [-0.05, 0) is 30.5 Å². The zero-order chi connectivity index (χ0) is 12.7. The highest BCUT2D eigenvalue weighted by molar-refractivity contribution is 6.17. The second kappa shape index (κ2) is 7.28. The lowest BCUT2D eigenvalue weighted by Crippen LogP contribution is -2.35. The lowest BCUT2D eigenvalue weighted by atomic mass is 10.1. The molecule has 1 aromatic carbocycles. The molecular weight excluding hydrogens is 241 g/mol. The molecule has 0 aliphatic rings. The quantitative estimate of drug-likeness (QED) is 0.780. The molecule has 1 unspecified atom stereocenters. The fourth-order valence-electron chi connectivity index (χ4n) is 1.62. The van der Waals surface area contributed by atoms with Crippen molar-refractivity contribution in [3.8, 4) is 0 Å². The first-order chi connectivity index (χ1) is 8.15. The van der Waals surface area contributed by atoms with Gasteiger partial charge in [0.15, 0.2) is 0 Å². The van der Waals surface area contributed by atoms with Crippen LogP contribution in [0, 0.1) is 5.82 Å². The topological polar surface area (TPSA) is 29.1 Å². The first kappa shape index (κ1) is 14.0. The Balaban J connectivity index is 2.49. The van der Waals surface area contributed by atoms with E-state index in [0.717, 1.165) is 12.8 Å². The molecule has 1 atom stereocenters. The number of hydrogen-bond donors (Lipinski definition) is 1. The smallest absolute Gasteiger partial charge is 0.224 e. The molecule has 1 amide bonds. The zero-order valence-corrected chi connectivity index (χ0v) is 10.6. The molecule has 0 bridgehead atoms. The van der Waals surface area contributed by atoms with Crippen molar-refractivity contribution >= 4 is 17.5 Å². The monoisotopic (exact) mass is 257 g/mol. The van der Waals surface area contributed by atoms with Crippen molar-refractivity contribution in [2.45, 2.75) is 32.2 Å². The molecule has 0 saturated heterocycles. The molecule has 0 heterocycles. The third-order valence-corrected chi connectivity index (χ3v) is 2.79. The Morgan fingerprint density at radius 3 is 2.88 bits per heavy atom. The van der Waals surface area contributed by atoms with E-state index in [4.69, 9.17) is 11.6 Å². The predicted octanol–water partition coefficient (Wildman–Crippen LogP) is 2.89. The van der Waals surface area contributed by atoms with Crippen LogP contribution in [0.2, 0.25) is 0 Å². The van der Waals surface area contributed by atoms with E-state index in [1.165, 1.54) is 12.1 Å². The van der Waals surface area contributed by atoms with Crippen molar-refractivity contribution in [1.29, 1.82) is 0 Å². The van der Waals surface area contributed by atoms with Gasteiger partial charge in [-0.2, -0.15) is 0 Å². The van der Waals surface area contributed by atoms with Crippen LogP contribution in [0.3, 0.4) is 0 Å². The first-order valence-electron chi connectivity index (χ1n) is 5.75. The number of halogens is 2. The average Bonchev–Trinajstić information content (AvgIpc) is 2.28. The van der Waals surface area contributed by atoms with Crippen LogP contribution < -0.4 is 5.32 Å². The summed E-state index contributed by atoms with van der Waals surface area (Å²) in [4.78, 5) is 11.7. The average molecular weight is 258 g/mol. The van der Waals surface area contributed by atoms with E-state index in [1.807, 2.05) is 6.92 Å². The van der Waals surface area contributed by atoms with Crippen LogP contribution in [0.15, 0.2) is 24.3 Å². The van der Waals surface area contributed by atoms with Crippen molar-refractivity contribution in [2.24, 2.45) is 0 Å². The summed E-state index contributed by atoms with van der Waals surface area (Å²) in [6.07, 6.45) is 1.81. The molecule has 1 aromatic rings. The number of carbonyl (C=O) groups excluding carboxylic acids is 1. The van der Waals surface area contributed by atoms with Gasteiger partial charge in [-0.15, -0.1) is 11.6 Å². The standard InChI is InChI=1S/C13H17ClFNO/c1-2-12(6-7-14)16-13(17)9-10-4-3-5-11(15)8-10/h3-5,8,12H,2,6-7,9H2,1H3,(H,16,17). The van der Waals surface area contributed by atoms with Gasteiger partial charge in [-0.3, -0.25) is 4.79 Å². The van der Waals surface area contributed by atoms with Gasteiger partial charge in [-0.1, -0.05) is 19.1 Å². The van der Waals surface area contributed by atoms with Crippen LogP contribution in [0.25, 0.3) is 0 Å². The summed E-state index contributed by atoms with van der Waals surface area (Å²) in [6, 6.07) is 6.19. The molecule has 94 valence electrons. The molecule has 4 heteroatoms. The highest BCUT2D eigenvalue weighted by Gasteiger charge is 2.10. The number of rotatable bonds is 6. The fraction of sp³-hybridized carbons (Fsp3) is 0.462. The molecule has 0 saturated carbocycles. The molecule has 2 nitrogen and oxygen atoms in total. The molecule has 1 rings (SSSR count). The number of benzene rings is 1. The Kier molecular flexibility index (Phi) is 5.98. The second-order valence-electron chi connectivity index (χ2n) is 3.96. The Hall–Kier alpha value is -1.09.